The molecule has 1 N–H and O–H groups in total. The van der Waals surface area contributed by atoms with Crippen molar-refractivity contribution >= 4 is 11.3 Å². The fourth-order valence-electron chi connectivity index (χ4n) is 2.57. The zero-order valence-electron chi connectivity index (χ0n) is 14.5. The second kappa shape index (κ2) is 7.27. The smallest absolute Gasteiger partial charge is 0.257 e. The van der Waals surface area contributed by atoms with Crippen LogP contribution in [-0.4, -0.2) is 26.0 Å². The van der Waals surface area contributed by atoms with Crippen LogP contribution in [0, 0.1) is 6.92 Å². The van der Waals surface area contributed by atoms with Crippen molar-refractivity contribution in [2.45, 2.75) is 52.7 Å². The zero-order valence-corrected chi connectivity index (χ0v) is 15.3. The predicted octanol–water partition coefficient (Wildman–Crippen LogP) is 3.60. The third kappa shape index (κ3) is 3.57. The molecule has 7 heteroatoms. The number of thiophene rings is 1. The Balaban J connectivity index is 1.61. The van der Waals surface area contributed by atoms with E-state index >= 15 is 0 Å². The molecular weight excluding hydrogens is 322 g/mol. The van der Waals surface area contributed by atoms with E-state index in [1.165, 1.54) is 10.4 Å². The van der Waals surface area contributed by atoms with E-state index in [4.69, 9.17) is 4.42 Å². The Morgan fingerprint density at radius 2 is 2.17 bits per heavy atom. The number of hydrogen-bond donors (Lipinski definition) is 1. The van der Waals surface area contributed by atoms with Crippen LogP contribution in [0.25, 0.3) is 10.8 Å². The van der Waals surface area contributed by atoms with Gasteiger partial charge in [0.15, 0.2) is 0 Å². The number of rotatable bonds is 7. The molecule has 0 aliphatic carbocycles. The molecule has 0 aliphatic rings. The molecule has 0 bridgehead atoms. The van der Waals surface area contributed by atoms with Crippen LogP contribution in [0.4, 0.5) is 0 Å². The highest BCUT2D eigenvalue weighted by atomic mass is 32.1. The highest BCUT2D eigenvalue weighted by molar-refractivity contribution is 7.15. The standard InChI is InChI=1S/C17H23N5OS/c1-5-14-11(2)9-15(24-14)17-21-20-16(23-17)10-18-12(3)13(4)22-8-6-7-19-22/h6-9,12-13,18H,5,10H2,1-4H3. The summed E-state index contributed by atoms with van der Waals surface area (Å²) in [7, 11) is 0. The number of nitrogens with zero attached hydrogens (tertiary/aromatic N) is 4. The third-order valence-corrected chi connectivity index (χ3v) is 5.63. The van der Waals surface area contributed by atoms with Crippen LogP contribution < -0.4 is 5.32 Å². The minimum Gasteiger partial charge on any atom is -0.419 e. The molecule has 0 radical (unpaired) electrons. The maximum absolute atomic E-state index is 5.81. The van der Waals surface area contributed by atoms with Gasteiger partial charge in [-0.3, -0.25) is 4.68 Å². The molecule has 0 fully saturated rings. The predicted molar refractivity (Wildman–Crippen MR) is 95.0 cm³/mol. The van der Waals surface area contributed by atoms with Crippen molar-refractivity contribution in [2.75, 3.05) is 0 Å². The van der Waals surface area contributed by atoms with Crippen molar-refractivity contribution < 1.29 is 4.42 Å². The summed E-state index contributed by atoms with van der Waals surface area (Å²) in [5.41, 5.74) is 1.29. The van der Waals surface area contributed by atoms with Crippen molar-refractivity contribution in [2.24, 2.45) is 0 Å². The Kier molecular flexibility index (Phi) is 5.11. The first kappa shape index (κ1) is 16.9. The quantitative estimate of drug-likeness (QED) is 0.708. The molecule has 0 aromatic carbocycles. The SMILES string of the molecule is CCc1sc(-c2nnc(CNC(C)C(C)n3cccn3)o2)cc1C. The van der Waals surface area contributed by atoms with Gasteiger partial charge in [-0.1, -0.05) is 6.92 Å². The average Bonchev–Trinajstić information content (AvgIpc) is 3.31. The fraction of sp³-hybridized carbons (Fsp3) is 0.471. The first-order valence-corrected chi connectivity index (χ1v) is 9.04. The lowest BCUT2D eigenvalue weighted by atomic mass is 10.2. The molecule has 128 valence electrons. The topological polar surface area (TPSA) is 68.8 Å². The Morgan fingerprint density at radius 3 is 2.83 bits per heavy atom. The van der Waals surface area contributed by atoms with E-state index in [9.17, 15) is 0 Å². The van der Waals surface area contributed by atoms with E-state index in [-0.39, 0.29) is 12.1 Å². The molecule has 3 heterocycles. The third-order valence-electron chi connectivity index (χ3n) is 4.26. The molecule has 0 aliphatic heterocycles. The van der Waals surface area contributed by atoms with E-state index in [0.717, 1.165) is 11.3 Å². The van der Waals surface area contributed by atoms with E-state index in [0.29, 0.717) is 18.3 Å². The van der Waals surface area contributed by atoms with Gasteiger partial charge < -0.3 is 9.73 Å². The maximum atomic E-state index is 5.81. The van der Waals surface area contributed by atoms with Crippen molar-refractivity contribution in [1.82, 2.24) is 25.3 Å². The molecule has 0 saturated carbocycles. The fourth-order valence-corrected chi connectivity index (χ4v) is 3.61. The van der Waals surface area contributed by atoms with Crippen LogP contribution in [0.5, 0.6) is 0 Å². The maximum Gasteiger partial charge on any atom is 0.257 e. The van der Waals surface area contributed by atoms with Crippen molar-refractivity contribution in [3.8, 4) is 10.8 Å². The highest BCUT2D eigenvalue weighted by Crippen LogP contribution is 2.30. The Bertz CT molecular complexity index is 777. The summed E-state index contributed by atoms with van der Waals surface area (Å²) in [4.78, 5) is 2.41. The Labute approximate surface area is 145 Å². The van der Waals surface area contributed by atoms with Crippen LogP contribution in [0.1, 0.15) is 43.1 Å². The second-order valence-corrected chi connectivity index (χ2v) is 7.10. The monoisotopic (exact) mass is 345 g/mol. The zero-order chi connectivity index (χ0) is 17.1. The van der Waals surface area contributed by atoms with Crippen LogP contribution in [0.3, 0.4) is 0 Å². The number of aromatic nitrogens is 4. The number of nitrogens with one attached hydrogen (secondary N) is 1. The molecule has 0 spiro atoms. The van der Waals surface area contributed by atoms with Crippen LogP contribution in [0.2, 0.25) is 0 Å². The molecular formula is C17H23N5OS. The van der Waals surface area contributed by atoms with Crippen molar-refractivity contribution in [1.29, 1.82) is 0 Å². The van der Waals surface area contributed by atoms with E-state index in [1.54, 1.807) is 17.5 Å². The summed E-state index contributed by atoms with van der Waals surface area (Å²) in [6, 6.07) is 4.53. The number of hydrogen-bond acceptors (Lipinski definition) is 6. The van der Waals surface area contributed by atoms with E-state index in [1.807, 2.05) is 16.9 Å². The second-order valence-electron chi connectivity index (χ2n) is 5.97. The van der Waals surface area contributed by atoms with Gasteiger partial charge in [-0.2, -0.15) is 5.10 Å². The Hall–Kier alpha value is -1.99. The van der Waals surface area contributed by atoms with Gasteiger partial charge in [0.05, 0.1) is 17.5 Å². The van der Waals surface area contributed by atoms with Crippen LogP contribution in [0.15, 0.2) is 28.9 Å². The summed E-state index contributed by atoms with van der Waals surface area (Å²) in [5, 5.41) is 16.0. The van der Waals surface area contributed by atoms with Crippen molar-refractivity contribution in [3.63, 3.8) is 0 Å². The van der Waals surface area contributed by atoms with Gasteiger partial charge in [0.2, 0.25) is 5.89 Å². The minimum atomic E-state index is 0.232. The lowest BCUT2D eigenvalue weighted by Crippen LogP contribution is -2.33. The summed E-state index contributed by atoms with van der Waals surface area (Å²) in [5.74, 6) is 1.21. The Morgan fingerprint density at radius 1 is 1.33 bits per heavy atom. The molecule has 3 aromatic heterocycles. The van der Waals surface area contributed by atoms with Crippen LogP contribution >= 0.6 is 11.3 Å². The molecule has 0 saturated heterocycles. The largest absolute Gasteiger partial charge is 0.419 e. The highest BCUT2D eigenvalue weighted by Gasteiger charge is 2.16. The number of aryl methyl sites for hydroxylation is 2. The summed E-state index contributed by atoms with van der Waals surface area (Å²) in [6.45, 7) is 9.08. The van der Waals surface area contributed by atoms with E-state index < -0.39 is 0 Å². The average molecular weight is 345 g/mol. The van der Waals surface area contributed by atoms with Gasteiger partial charge in [0, 0.05) is 23.3 Å². The molecule has 2 unspecified atom stereocenters. The molecule has 6 nitrogen and oxygen atoms in total. The molecule has 3 aromatic rings. The first-order chi connectivity index (χ1) is 11.6. The molecule has 24 heavy (non-hydrogen) atoms. The first-order valence-electron chi connectivity index (χ1n) is 8.23. The van der Waals surface area contributed by atoms with Crippen LogP contribution in [-0.2, 0) is 13.0 Å². The normalized spacial score (nSPS) is 14.0. The summed E-state index contributed by atoms with van der Waals surface area (Å²) < 4.78 is 7.75. The van der Waals surface area contributed by atoms with Gasteiger partial charge in [-0.25, -0.2) is 0 Å². The minimum absolute atomic E-state index is 0.232. The van der Waals surface area contributed by atoms with Gasteiger partial charge in [-0.15, -0.1) is 21.5 Å². The van der Waals surface area contributed by atoms with Gasteiger partial charge in [-0.05, 0) is 44.9 Å². The lowest BCUT2D eigenvalue weighted by molar-refractivity contribution is 0.349. The van der Waals surface area contributed by atoms with E-state index in [2.05, 4.69) is 54.4 Å². The van der Waals surface area contributed by atoms with Gasteiger partial charge in [0.1, 0.15) is 0 Å². The molecule has 2 atom stereocenters. The molecule has 0 amide bonds. The van der Waals surface area contributed by atoms with Crippen molar-refractivity contribution in [3.05, 3.63) is 40.9 Å². The van der Waals surface area contributed by atoms with Gasteiger partial charge in [0.25, 0.3) is 5.89 Å². The van der Waals surface area contributed by atoms with Gasteiger partial charge >= 0.3 is 0 Å². The molecule has 3 rings (SSSR count). The summed E-state index contributed by atoms with van der Waals surface area (Å²) >= 11 is 1.73. The lowest BCUT2D eigenvalue weighted by Gasteiger charge is -2.20. The summed E-state index contributed by atoms with van der Waals surface area (Å²) in [6.07, 6.45) is 4.79.